The highest BCUT2D eigenvalue weighted by Crippen LogP contribution is 2.14. The molecule has 1 aromatic rings. The number of nitrogens with one attached hydrogen (secondary N) is 1. The minimum absolute atomic E-state index is 0.235. The molecule has 0 aliphatic carbocycles. The summed E-state index contributed by atoms with van der Waals surface area (Å²) in [5.41, 5.74) is 1.92. The molecule has 2 rings (SSSR count). The zero-order valence-corrected chi connectivity index (χ0v) is 14.9. The van der Waals surface area contributed by atoms with Gasteiger partial charge in [-0.05, 0) is 31.4 Å². The number of rotatable bonds is 5. The van der Waals surface area contributed by atoms with E-state index in [1.54, 1.807) is 6.08 Å². The number of piperidine rings is 1. The maximum Gasteiger partial charge on any atom is 0.233 e. The molecule has 1 aromatic carbocycles. The molecule has 128 valence electrons. The van der Waals surface area contributed by atoms with Crippen molar-refractivity contribution in [3.05, 3.63) is 40.8 Å². The number of sulfonamides is 2. The molecular formula is C15H22N2O4S2. The predicted molar refractivity (Wildman–Crippen MR) is 91.7 cm³/mol. The molecule has 0 saturated carbocycles. The first-order chi connectivity index (χ1) is 10.7. The Kier molecular flexibility index (Phi) is 5.61. The van der Waals surface area contributed by atoms with Gasteiger partial charge in [-0.2, -0.15) is 0 Å². The Morgan fingerprint density at radius 2 is 1.65 bits per heavy atom. The molecule has 0 unspecified atom stereocenters. The van der Waals surface area contributed by atoms with Gasteiger partial charge in [0.05, 0.1) is 6.26 Å². The third kappa shape index (κ3) is 5.72. The first-order valence-electron chi connectivity index (χ1n) is 7.38. The van der Waals surface area contributed by atoms with E-state index in [0.29, 0.717) is 25.9 Å². The number of benzene rings is 1. The molecule has 0 spiro atoms. The van der Waals surface area contributed by atoms with Gasteiger partial charge in [0.2, 0.25) is 20.0 Å². The van der Waals surface area contributed by atoms with E-state index in [-0.39, 0.29) is 6.04 Å². The Morgan fingerprint density at radius 1 is 1.09 bits per heavy atom. The molecule has 1 aliphatic rings. The van der Waals surface area contributed by atoms with E-state index in [0.717, 1.165) is 16.5 Å². The lowest BCUT2D eigenvalue weighted by Crippen LogP contribution is -2.45. The number of nitrogens with zero attached hydrogens (tertiary/aromatic N) is 1. The fraction of sp³-hybridized carbons (Fsp3) is 0.467. The summed E-state index contributed by atoms with van der Waals surface area (Å²) in [7, 11) is -6.74. The van der Waals surface area contributed by atoms with E-state index in [4.69, 9.17) is 0 Å². The zero-order valence-electron chi connectivity index (χ0n) is 13.3. The predicted octanol–water partition coefficient (Wildman–Crippen LogP) is 1.31. The lowest BCUT2D eigenvalue weighted by atomic mass is 10.1. The summed E-state index contributed by atoms with van der Waals surface area (Å²) >= 11 is 0. The molecule has 0 atom stereocenters. The molecule has 6 nitrogen and oxygen atoms in total. The number of hydrogen-bond acceptors (Lipinski definition) is 4. The Labute approximate surface area is 138 Å². The van der Waals surface area contributed by atoms with Crippen molar-refractivity contribution in [3.8, 4) is 0 Å². The van der Waals surface area contributed by atoms with E-state index in [2.05, 4.69) is 4.72 Å². The van der Waals surface area contributed by atoms with E-state index in [1.165, 1.54) is 10.6 Å². The Bertz CT molecular complexity index is 760. The average molecular weight is 358 g/mol. The maximum absolute atomic E-state index is 12.1. The van der Waals surface area contributed by atoms with Crippen molar-refractivity contribution in [2.24, 2.45) is 0 Å². The SMILES string of the molecule is Cc1ccc(C=CS(=O)(=O)NC2CCN(S(C)(=O)=O)CC2)cc1. The second kappa shape index (κ2) is 7.12. The van der Waals surface area contributed by atoms with Gasteiger partial charge in [-0.3, -0.25) is 0 Å². The molecule has 0 amide bonds. The highest BCUT2D eigenvalue weighted by Gasteiger charge is 2.26. The van der Waals surface area contributed by atoms with Crippen molar-refractivity contribution >= 4 is 26.1 Å². The summed E-state index contributed by atoms with van der Waals surface area (Å²) in [6.45, 7) is 2.65. The zero-order chi connectivity index (χ0) is 17.1. The first-order valence-corrected chi connectivity index (χ1v) is 10.8. The van der Waals surface area contributed by atoms with Crippen molar-refractivity contribution < 1.29 is 16.8 Å². The Hall–Kier alpha value is -1.22. The van der Waals surface area contributed by atoms with Gasteiger partial charge < -0.3 is 0 Å². The first kappa shape index (κ1) is 18.1. The van der Waals surface area contributed by atoms with Gasteiger partial charge in [-0.15, -0.1) is 0 Å². The molecule has 0 radical (unpaired) electrons. The van der Waals surface area contributed by atoms with Crippen LogP contribution < -0.4 is 4.72 Å². The topological polar surface area (TPSA) is 83.6 Å². The van der Waals surface area contributed by atoms with Crippen LogP contribution in [0.1, 0.15) is 24.0 Å². The normalized spacial score (nSPS) is 18.5. The molecule has 0 bridgehead atoms. The van der Waals surface area contributed by atoms with Crippen LogP contribution in [0.4, 0.5) is 0 Å². The monoisotopic (exact) mass is 358 g/mol. The second-order valence-corrected chi connectivity index (χ2v) is 9.39. The summed E-state index contributed by atoms with van der Waals surface area (Å²) in [5.74, 6) is 0. The van der Waals surface area contributed by atoms with Crippen molar-refractivity contribution in [1.29, 1.82) is 0 Å². The highest BCUT2D eigenvalue weighted by molar-refractivity contribution is 7.92. The van der Waals surface area contributed by atoms with E-state index in [9.17, 15) is 16.8 Å². The molecule has 1 saturated heterocycles. The summed E-state index contributed by atoms with van der Waals surface area (Å²) in [6, 6.07) is 7.31. The average Bonchev–Trinajstić information content (AvgIpc) is 2.46. The van der Waals surface area contributed by atoms with Gasteiger partial charge in [0, 0.05) is 24.5 Å². The van der Waals surface area contributed by atoms with Crippen molar-refractivity contribution in [3.63, 3.8) is 0 Å². The van der Waals surface area contributed by atoms with Gasteiger partial charge in [-0.1, -0.05) is 29.8 Å². The molecule has 1 fully saturated rings. The highest BCUT2D eigenvalue weighted by atomic mass is 32.2. The van der Waals surface area contributed by atoms with E-state index < -0.39 is 20.0 Å². The van der Waals surface area contributed by atoms with Crippen molar-refractivity contribution in [2.75, 3.05) is 19.3 Å². The number of aryl methyl sites for hydroxylation is 1. The molecule has 1 aliphatic heterocycles. The van der Waals surface area contributed by atoms with Gasteiger partial charge in [-0.25, -0.2) is 25.9 Å². The molecule has 1 N–H and O–H groups in total. The summed E-state index contributed by atoms with van der Waals surface area (Å²) in [4.78, 5) is 0. The lowest BCUT2D eigenvalue weighted by molar-refractivity contribution is 0.310. The third-order valence-electron chi connectivity index (χ3n) is 3.77. The van der Waals surface area contributed by atoms with Crippen LogP contribution in [-0.2, 0) is 20.0 Å². The summed E-state index contributed by atoms with van der Waals surface area (Å²) in [5, 5.41) is 1.15. The second-order valence-electron chi connectivity index (χ2n) is 5.81. The van der Waals surface area contributed by atoms with Gasteiger partial charge >= 0.3 is 0 Å². The standard InChI is InChI=1S/C15H22N2O4S2/c1-13-3-5-14(6-4-13)9-12-23(20,21)16-15-7-10-17(11-8-15)22(2,18)19/h3-6,9,12,15-16H,7-8,10-11H2,1-2H3. The third-order valence-corrected chi connectivity index (χ3v) is 6.23. The van der Waals surface area contributed by atoms with E-state index >= 15 is 0 Å². The lowest BCUT2D eigenvalue weighted by Gasteiger charge is -2.30. The van der Waals surface area contributed by atoms with Crippen LogP contribution >= 0.6 is 0 Å². The summed E-state index contributed by atoms with van der Waals surface area (Å²) < 4.78 is 51.0. The molecule has 0 aromatic heterocycles. The Balaban J connectivity index is 1.93. The van der Waals surface area contributed by atoms with Crippen LogP contribution in [0.3, 0.4) is 0 Å². The van der Waals surface area contributed by atoms with Crippen molar-refractivity contribution in [2.45, 2.75) is 25.8 Å². The van der Waals surface area contributed by atoms with Crippen LogP contribution in [0.2, 0.25) is 0 Å². The summed E-state index contributed by atoms with van der Waals surface area (Å²) in [6.07, 6.45) is 3.67. The van der Waals surface area contributed by atoms with Crippen LogP contribution in [0.5, 0.6) is 0 Å². The quantitative estimate of drug-likeness (QED) is 0.860. The van der Waals surface area contributed by atoms with Crippen LogP contribution in [0.15, 0.2) is 29.7 Å². The fourth-order valence-corrected chi connectivity index (χ4v) is 4.41. The molecule has 1 heterocycles. The van der Waals surface area contributed by atoms with Crippen LogP contribution in [0.25, 0.3) is 6.08 Å². The van der Waals surface area contributed by atoms with Gasteiger partial charge in [0.25, 0.3) is 0 Å². The fourth-order valence-electron chi connectivity index (χ4n) is 2.42. The minimum Gasteiger partial charge on any atom is -0.213 e. The van der Waals surface area contributed by atoms with Crippen molar-refractivity contribution in [1.82, 2.24) is 9.03 Å². The molecular weight excluding hydrogens is 336 g/mol. The molecule has 8 heteroatoms. The smallest absolute Gasteiger partial charge is 0.213 e. The minimum atomic E-state index is -3.54. The largest absolute Gasteiger partial charge is 0.233 e. The number of hydrogen-bond donors (Lipinski definition) is 1. The maximum atomic E-state index is 12.1. The molecule has 23 heavy (non-hydrogen) atoms. The van der Waals surface area contributed by atoms with Gasteiger partial charge in [0.15, 0.2) is 0 Å². The van der Waals surface area contributed by atoms with Crippen LogP contribution in [0, 0.1) is 6.92 Å². The van der Waals surface area contributed by atoms with Gasteiger partial charge in [0.1, 0.15) is 0 Å². The Morgan fingerprint density at radius 3 is 2.17 bits per heavy atom. The van der Waals surface area contributed by atoms with Crippen LogP contribution in [-0.4, -0.2) is 46.5 Å². The van der Waals surface area contributed by atoms with E-state index in [1.807, 2.05) is 31.2 Å².